The fourth-order valence-electron chi connectivity index (χ4n) is 6.58. The number of hydrogen-bond donors (Lipinski definition) is 0. The standard InChI is InChI=1S/C40H32N4O.Pt/c1-41(2)35-17-11-19-37-39(35)31-25-29(21-23-33(31)43(37)27-13-7-5-8-14-27)45-30-22-24-34-32(26-30)40-36(42(3)4)18-12-20-38(40)44(34)28-15-9-6-10-16-28;/h5-24H,1-4H3;/q-2;+4. The Morgan fingerprint density at radius 1 is 0.457 bits per heavy atom. The van der Waals surface area contributed by atoms with Gasteiger partial charge in [0.15, 0.2) is 0 Å². The van der Waals surface area contributed by atoms with Gasteiger partial charge in [-0.15, -0.1) is 22.9 Å². The number of hydrogen-bond acceptors (Lipinski definition) is 3. The van der Waals surface area contributed by atoms with Crippen LogP contribution in [0.25, 0.3) is 55.0 Å². The first-order valence-corrected chi connectivity index (χ1v) is 15.1. The topological polar surface area (TPSA) is 25.6 Å². The van der Waals surface area contributed by atoms with Crippen molar-refractivity contribution in [2.24, 2.45) is 0 Å². The third-order valence-electron chi connectivity index (χ3n) is 8.51. The van der Waals surface area contributed by atoms with Crippen LogP contribution in [0.2, 0.25) is 0 Å². The number of nitrogens with zero attached hydrogens (tertiary/aromatic N) is 4. The minimum atomic E-state index is 0. The van der Waals surface area contributed by atoms with Gasteiger partial charge in [-0.2, -0.15) is 0 Å². The van der Waals surface area contributed by atoms with Gasteiger partial charge in [0.25, 0.3) is 0 Å². The third-order valence-corrected chi connectivity index (χ3v) is 8.51. The fraction of sp³-hybridized carbons (Fsp3) is 0.100. The van der Waals surface area contributed by atoms with E-state index in [1.807, 2.05) is 24.3 Å². The molecule has 0 unspecified atom stereocenters. The molecule has 2 aromatic heterocycles. The summed E-state index contributed by atoms with van der Waals surface area (Å²) in [6, 6.07) is 49.5. The molecule has 0 aliphatic heterocycles. The number of fused-ring (bicyclic) bond motifs is 6. The molecule has 6 heteroatoms. The molecule has 46 heavy (non-hydrogen) atoms. The third kappa shape index (κ3) is 4.74. The van der Waals surface area contributed by atoms with E-state index in [2.05, 4.69) is 156 Å². The van der Waals surface area contributed by atoms with Crippen LogP contribution in [0.5, 0.6) is 11.5 Å². The first kappa shape index (κ1) is 29.7. The predicted octanol–water partition coefficient (Wildman–Crippen LogP) is 9.40. The van der Waals surface area contributed by atoms with Crippen LogP contribution in [0, 0.1) is 12.1 Å². The van der Waals surface area contributed by atoms with E-state index in [9.17, 15) is 0 Å². The van der Waals surface area contributed by atoms with Crippen LogP contribution < -0.4 is 14.5 Å². The number of rotatable bonds is 6. The largest absolute Gasteiger partial charge is 4.00 e. The zero-order chi connectivity index (χ0) is 30.7. The van der Waals surface area contributed by atoms with Gasteiger partial charge in [0.2, 0.25) is 0 Å². The molecule has 0 aliphatic carbocycles. The normalized spacial score (nSPS) is 11.3. The van der Waals surface area contributed by atoms with E-state index in [0.29, 0.717) is 11.5 Å². The molecule has 0 radical (unpaired) electrons. The molecule has 2 heterocycles. The SMILES string of the molecule is CN(C)c1cccc2c1c1[c-]c(Oc3[c-]c4c5c(N(C)C)cccc5n(-c5ccccc5)c4cc3)ccc1n2-c1ccccc1.[Pt+4]. The van der Waals surface area contributed by atoms with Crippen molar-refractivity contribution < 1.29 is 25.8 Å². The van der Waals surface area contributed by atoms with Crippen LogP contribution in [0.15, 0.2) is 121 Å². The van der Waals surface area contributed by atoms with Crippen LogP contribution in [0.1, 0.15) is 0 Å². The minimum absolute atomic E-state index is 0. The summed E-state index contributed by atoms with van der Waals surface area (Å²) in [4.78, 5) is 4.32. The second kappa shape index (κ2) is 11.7. The Kier molecular flexibility index (Phi) is 7.58. The Morgan fingerprint density at radius 3 is 1.26 bits per heavy atom. The molecular weight excluding hydrogens is 748 g/mol. The monoisotopic (exact) mass is 779 g/mol. The van der Waals surface area contributed by atoms with Crippen LogP contribution in [-0.4, -0.2) is 37.3 Å². The van der Waals surface area contributed by atoms with E-state index in [0.717, 1.165) is 66.4 Å². The fourth-order valence-corrected chi connectivity index (χ4v) is 6.58. The Hall–Kier alpha value is -4.99. The molecule has 8 rings (SSSR count). The molecule has 0 N–H and O–H groups in total. The van der Waals surface area contributed by atoms with Crippen LogP contribution >= 0.6 is 0 Å². The molecule has 226 valence electrons. The van der Waals surface area contributed by atoms with Gasteiger partial charge in [-0.3, -0.25) is 0 Å². The Balaban J connectivity index is 0.00000338. The van der Waals surface area contributed by atoms with Gasteiger partial charge >= 0.3 is 21.1 Å². The average molecular weight is 780 g/mol. The first-order chi connectivity index (χ1) is 22.0. The van der Waals surface area contributed by atoms with Gasteiger partial charge in [0.05, 0.1) is 0 Å². The van der Waals surface area contributed by atoms with Crippen molar-refractivity contribution in [2.75, 3.05) is 38.0 Å². The van der Waals surface area contributed by atoms with E-state index in [-0.39, 0.29) is 21.1 Å². The Labute approximate surface area is 283 Å². The maximum atomic E-state index is 6.57. The van der Waals surface area contributed by atoms with E-state index in [1.165, 1.54) is 0 Å². The van der Waals surface area contributed by atoms with E-state index < -0.39 is 0 Å². The zero-order valence-corrected chi connectivity index (χ0v) is 28.3. The molecule has 0 saturated carbocycles. The molecule has 0 aliphatic rings. The van der Waals surface area contributed by atoms with Gasteiger partial charge in [-0.05, 0) is 59.6 Å². The van der Waals surface area contributed by atoms with Crippen LogP contribution in [0.4, 0.5) is 11.4 Å². The summed E-state index contributed by atoms with van der Waals surface area (Å²) in [6.07, 6.45) is 0. The second-order valence-corrected chi connectivity index (χ2v) is 11.7. The van der Waals surface area contributed by atoms with Crippen molar-refractivity contribution >= 4 is 55.0 Å². The van der Waals surface area contributed by atoms with Crippen molar-refractivity contribution in [2.45, 2.75) is 0 Å². The number of benzene rings is 6. The summed E-state index contributed by atoms with van der Waals surface area (Å²) in [5, 5.41) is 4.33. The summed E-state index contributed by atoms with van der Waals surface area (Å²) >= 11 is 0. The Bertz CT molecular complexity index is 2190. The number of para-hydroxylation sites is 2. The number of anilines is 2. The molecule has 6 aromatic carbocycles. The van der Waals surface area contributed by atoms with Crippen molar-refractivity contribution in [1.29, 1.82) is 0 Å². The molecule has 0 spiro atoms. The molecular formula is C40H32N4OPt+2. The van der Waals surface area contributed by atoms with Crippen molar-refractivity contribution in [3.63, 3.8) is 0 Å². The molecule has 5 nitrogen and oxygen atoms in total. The predicted molar refractivity (Wildman–Crippen MR) is 188 cm³/mol. The summed E-state index contributed by atoms with van der Waals surface area (Å²) in [7, 11) is 8.33. The Morgan fingerprint density at radius 2 is 0.870 bits per heavy atom. The molecule has 0 amide bonds. The van der Waals surface area contributed by atoms with E-state index >= 15 is 0 Å². The smallest absolute Gasteiger partial charge is 0.497 e. The van der Waals surface area contributed by atoms with Crippen molar-refractivity contribution in [3.8, 4) is 22.9 Å². The van der Waals surface area contributed by atoms with Crippen LogP contribution in [-0.2, 0) is 21.1 Å². The summed E-state index contributed by atoms with van der Waals surface area (Å²) < 4.78 is 11.2. The zero-order valence-electron chi connectivity index (χ0n) is 26.1. The van der Waals surface area contributed by atoms with E-state index in [4.69, 9.17) is 4.74 Å². The maximum absolute atomic E-state index is 6.57. The van der Waals surface area contributed by atoms with Crippen LogP contribution in [0.3, 0.4) is 0 Å². The number of aromatic nitrogens is 2. The molecule has 0 atom stereocenters. The van der Waals surface area contributed by atoms with Crippen molar-refractivity contribution in [3.05, 3.63) is 133 Å². The molecule has 0 fully saturated rings. The van der Waals surface area contributed by atoms with Gasteiger partial charge < -0.3 is 23.7 Å². The number of ether oxygens (including phenoxy) is 1. The van der Waals surface area contributed by atoms with Crippen molar-refractivity contribution in [1.82, 2.24) is 9.13 Å². The molecule has 8 aromatic rings. The van der Waals surface area contributed by atoms with Gasteiger partial charge in [0.1, 0.15) is 0 Å². The second-order valence-electron chi connectivity index (χ2n) is 11.7. The van der Waals surface area contributed by atoms with E-state index in [1.54, 1.807) is 0 Å². The van der Waals surface area contributed by atoms with Gasteiger partial charge in [-0.1, -0.05) is 83.6 Å². The quantitative estimate of drug-likeness (QED) is 0.158. The van der Waals surface area contributed by atoms with Gasteiger partial charge in [-0.25, -0.2) is 0 Å². The molecule has 0 saturated heterocycles. The molecule has 0 bridgehead atoms. The summed E-state index contributed by atoms with van der Waals surface area (Å²) in [5.41, 5.74) is 8.93. The summed E-state index contributed by atoms with van der Waals surface area (Å²) in [5.74, 6) is 1.30. The van der Waals surface area contributed by atoms with Gasteiger partial charge in [0, 0.05) is 73.5 Å². The average Bonchev–Trinajstić information content (AvgIpc) is 3.58. The first-order valence-electron chi connectivity index (χ1n) is 15.1. The maximum Gasteiger partial charge on any atom is 4.00 e. The minimum Gasteiger partial charge on any atom is -0.497 e. The summed E-state index contributed by atoms with van der Waals surface area (Å²) in [6.45, 7) is 0.